The van der Waals surface area contributed by atoms with Gasteiger partial charge in [-0.3, -0.25) is 9.59 Å². The van der Waals surface area contributed by atoms with Gasteiger partial charge in [0.1, 0.15) is 6.61 Å². The van der Waals surface area contributed by atoms with Crippen molar-refractivity contribution in [2.45, 2.75) is 322 Å². The van der Waals surface area contributed by atoms with E-state index in [0.717, 1.165) is 57.8 Å². The molecule has 0 radical (unpaired) electrons. The fourth-order valence-electron chi connectivity index (χ4n) is 8.72. The van der Waals surface area contributed by atoms with Crippen molar-refractivity contribution >= 4 is 11.9 Å². The van der Waals surface area contributed by atoms with Crippen LogP contribution in [0, 0.1) is 0 Å². The van der Waals surface area contributed by atoms with Gasteiger partial charge in [0.25, 0.3) is 0 Å². The van der Waals surface area contributed by atoms with Crippen molar-refractivity contribution in [3.8, 4) is 0 Å². The number of carbonyl (C=O) groups is 2. The number of esters is 2. The lowest BCUT2D eigenvalue weighted by Crippen LogP contribution is -2.30. The smallest absolute Gasteiger partial charge is 0.306 e. The van der Waals surface area contributed by atoms with Gasteiger partial charge in [-0.1, -0.05) is 269 Å². The van der Waals surface area contributed by atoms with Crippen molar-refractivity contribution in [2.24, 2.45) is 0 Å². The third-order valence-corrected chi connectivity index (χ3v) is 13.1. The molecule has 0 aromatic rings. The summed E-state index contributed by atoms with van der Waals surface area (Å²) in [6.07, 6.45) is 70.3. The Hall–Kier alpha value is -1.88. The number of unbranched alkanes of at least 4 members (excludes halogenated alkanes) is 38. The molecule has 0 rings (SSSR count). The third-order valence-electron chi connectivity index (χ3n) is 13.1. The Balaban J connectivity index is 4.20. The van der Waals surface area contributed by atoms with E-state index in [1.807, 2.05) is 0 Å². The summed E-state index contributed by atoms with van der Waals surface area (Å²) < 4.78 is 17.5. The minimum atomic E-state index is -0.540. The van der Waals surface area contributed by atoms with E-state index in [2.05, 4.69) is 57.2 Å². The molecule has 0 aromatic carbocycles. The van der Waals surface area contributed by atoms with Crippen molar-refractivity contribution in [1.82, 2.24) is 0 Å². The van der Waals surface area contributed by atoms with Crippen LogP contribution < -0.4 is 0 Å². The van der Waals surface area contributed by atoms with E-state index in [-0.39, 0.29) is 25.2 Å². The van der Waals surface area contributed by atoms with Crippen molar-refractivity contribution in [1.29, 1.82) is 0 Å². The highest BCUT2D eigenvalue weighted by Gasteiger charge is 2.17. The Labute approximate surface area is 412 Å². The molecule has 0 saturated carbocycles. The lowest BCUT2D eigenvalue weighted by molar-refractivity contribution is -0.163. The average Bonchev–Trinajstić information content (AvgIpc) is 3.32. The van der Waals surface area contributed by atoms with Gasteiger partial charge < -0.3 is 14.2 Å². The third kappa shape index (κ3) is 54.7. The Bertz CT molecular complexity index is 1050. The highest BCUT2D eigenvalue weighted by atomic mass is 16.6. The molecule has 5 nitrogen and oxygen atoms in total. The molecule has 0 N–H and O–H groups in total. The zero-order valence-corrected chi connectivity index (χ0v) is 44.7. The molecule has 0 fully saturated rings. The molecule has 66 heavy (non-hydrogen) atoms. The molecular formula is C61H114O5. The van der Waals surface area contributed by atoms with Crippen LogP contribution in [0.1, 0.15) is 316 Å². The van der Waals surface area contributed by atoms with E-state index in [1.165, 1.54) is 225 Å². The predicted molar refractivity (Wildman–Crippen MR) is 288 cm³/mol. The van der Waals surface area contributed by atoms with Gasteiger partial charge in [0.2, 0.25) is 0 Å². The maximum Gasteiger partial charge on any atom is 0.306 e. The summed E-state index contributed by atoms with van der Waals surface area (Å²) in [4.78, 5) is 25.5. The van der Waals surface area contributed by atoms with Crippen LogP contribution in [0.15, 0.2) is 36.5 Å². The van der Waals surface area contributed by atoms with Crippen LogP contribution in [0.4, 0.5) is 0 Å². The second-order valence-corrected chi connectivity index (χ2v) is 19.9. The van der Waals surface area contributed by atoms with E-state index in [1.54, 1.807) is 0 Å². The molecular weight excluding hydrogens is 813 g/mol. The molecule has 0 bridgehead atoms. The Morgan fingerprint density at radius 1 is 0.333 bits per heavy atom. The SMILES string of the molecule is CCC/C=C\C/C=C\CCCCCCCC(=O)OC(COCCCCCCCCCCCC/C=C\CCCCCCCC)COC(=O)CCCCCCCCCCCCCCCCCCC. The lowest BCUT2D eigenvalue weighted by atomic mass is 10.0. The Kier molecular flexibility index (Phi) is 55.8. The van der Waals surface area contributed by atoms with Crippen molar-refractivity contribution in [2.75, 3.05) is 19.8 Å². The van der Waals surface area contributed by atoms with E-state index >= 15 is 0 Å². The van der Waals surface area contributed by atoms with Gasteiger partial charge >= 0.3 is 11.9 Å². The van der Waals surface area contributed by atoms with Crippen molar-refractivity contribution in [3.05, 3.63) is 36.5 Å². The monoisotopic (exact) mass is 927 g/mol. The van der Waals surface area contributed by atoms with E-state index in [0.29, 0.717) is 19.4 Å². The predicted octanol–water partition coefficient (Wildman–Crippen LogP) is 20.1. The molecule has 0 aromatic heterocycles. The molecule has 0 aliphatic heterocycles. The van der Waals surface area contributed by atoms with Crippen LogP contribution in [-0.4, -0.2) is 37.9 Å². The second kappa shape index (κ2) is 57.4. The number of hydrogen-bond donors (Lipinski definition) is 0. The zero-order chi connectivity index (χ0) is 47.7. The lowest BCUT2D eigenvalue weighted by Gasteiger charge is -2.18. The van der Waals surface area contributed by atoms with Crippen LogP contribution in [0.5, 0.6) is 0 Å². The molecule has 0 aliphatic carbocycles. The topological polar surface area (TPSA) is 61.8 Å². The van der Waals surface area contributed by atoms with Crippen LogP contribution in [0.3, 0.4) is 0 Å². The normalized spacial score (nSPS) is 12.3. The van der Waals surface area contributed by atoms with E-state index in [9.17, 15) is 9.59 Å². The number of allylic oxidation sites excluding steroid dienone is 6. The first-order valence-electron chi connectivity index (χ1n) is 29.5. The van der Waals surface area contributed by atoms with Crippen molar-refractivity contribution in [3.63, 3.8) is 0 Å². The highest BCUT2D eigenvalue weighted by molar-refractivity contribution is 5.70. The first-order chi connectivity index (χ1) is 32.6. The van der Waals surface area contributed by atoms with Gasteiger partial charge in [-0.25, -0.2) is 0 Å². The summed E-state index contributed by atoms with van der Waals surface area (Å²) in [5.41, 5.74) is 0. The minimum absolute atomic E-state index is 0.0847. The maximum atomic E-state index is 12.8. The molecule has 0 spiro atoms. The summed E-state index contributed by atoms with van der Waals surface area (Å²) in [5.74, 6) is -0.395. The van der Waals surface area contributed by atoms with Gasteiger partial charge in [-0.2, -0.15) is 0 Å². The molecule has 0 saturated heterocycles. The fourth-order valence-corrected chi connectivity index (χ4v) is 8.72. The van der Waals surface area contributed by atoms with Crippen LogP contribution in [-0.2, 0) is 23.8 Å². The van der Waals surface area contributed by atoms with Gasteiger partial charge in [0.05, 0.1) is 6.61 Å². The average molecular weight is 928 g/mol. The fraction of sp³-hybridized carbons (Fsp3) is 0.869. The zero-order valence-electron chi connectivity index (χ0n) is 44.7. The second-order valence-electron chi connectivity index (χ2n) is 19.9. The summed E-state index contributed by atoms with van der Waals surface area (Å²) in [7, 11) is 0. The van der Waals surface area contributed by atoms with E-state index < -0.39 is 6.10 Å². The largest absolute Gasteiger partial charge is 0.462 e. The highest BCUT2D eigenvalue weighted by Crippen LogP contribution is 2.16. The minimum Gasteiger partial charge on any atom is -0.462 e. The maximum absolute atomic E-state index is 12.8. The summed E-state index contributed by atoms with van der Waals surface area (Å²) >= 11 is 0. The van der Waals surface area contributed by atoms with Gasteiger partial charge in [-0.05, 0) is 70.6 Å². The molecule has 0 aliphatic rings. The number of carbonyl (C=O) groups excluding carboxylic acids is 2. The van der Waals surface area contributed by atoms with Gasteiger partial charge in [-0.15, -0.1) is 0 Å². The molecule has 388 valence electrons. The summed E-state index contributed by atoms with van der Waals surface area (Å²) in [6, 6.07) is 0. The van der Waals surface area contributed by atoms with Gasteiger partial charge in [0.15, 0.2) is 6.10 Å². The molecule has 1 atom stereocenters. The molecule has 1 unspecified atom stereocenters. The van der Waals surface area contributed by atoms with Crippen LogP contribution in [0.2, 0.25) is 0 Å². The van der Waals surface area contributed by atoms with Crippen LogP contribution in [0.25, 0.3) is 0 Å². The molecule has 5 heteroatoms. The Morgan fingerprint density at radius 3 is 1.08 bits per heavy atom. The Morgan fingerprint density at radius 2 is 0.667 bits per heavy atom. The van der Waals surface area contributed by atoms with Crippen LogP contribution >= 0.6 is 0 Å². The summed E-state index contributed by atoms with van der Waals surface area (Å²) in [5, 5.41) is 0. The standard InChI is InChI=1S/C61H114O5/c1-4-7-10-13-16-19-22-25-27-29-30-31-33-35-38-41-44-47-50-53-56-64-57-59(66-61(63)55-52-49-46-43-40-36-24-21-18-15-12-9-6-3)58-65-60(62)54-51-48-45-42-39-37-34-32-28-26-23-20-17-14-11-8-5-2/h12,15,21,24-25,27,59H,4-11,13-14,16-20,22-23,26,28-58H2,1-3H3/b15-12-,24-21-,27-25-. The molecule has 0 heterocycles. The van der Waals surface area contributed by atoms with Crippen molar-refractivity contribution < 1.29 is 23.8 Å². The number of ether oxygens (including phenoxy) is 3. The molecule has 0 amide bonds. The first kappa shape index (κ1) is 64.1. The first-order valence-corrected chi connectivity index (χ1v) is 29.5. The van der Waals surface area contributed by atoms with Gasteiger partial charge in [0, 0.05) is 19.4 Å². The number of rotatable bonds is 55. The quantitative estimate of drug-likeness (QED) is 0.0345. The van der Waals surface area contributed by atoms with E-state index in [4.69, 9.17) is 14.2 Å². The number of hydrogen-bond acceptors (Lipinski definition) is 5. The summed E-state index contributed by atoms with van der Waals surface area (Å²) in [6.45, 7) is 7.81.